The Labute approximate surface area is 97.6 Å². The van der Waals surface area contributed by atoms with Crippen LogP contribution < -0.4 is 11.1 Å². The van der Waals surface area contributed by atoms with Gasteiger partial charge in [-0.1, -0.05) is 0 Å². The van der Waals surface area contributed by atoms with Gasteiger partial charge in [-0.3, -0.25) is 9.69 Å². The van der Waals surface area contributed by atoms with Crippen LogP contribution in [-0.2, 0) is 4.79 Å². The summed E-state index contributed by atoms with van der Waals surface area (Å²) in [5.41, 5.74) is 5.16. The van der Waals surface area contributed by atoms with Crippen LogP contribution in [-0.4, -0.2) is 42.5 Å². The number of piperidine rings is 1. The molecular weight excluding hydrogens is 202 g/mol. The van der Waals surface area contributed by atoms with E-state index in [1.165, 1.54) is 12.8 Å². The highest BCUT2D eigenvalue weighted by Crippen LogP contribution is 2.32. The van der Waals surface area contributed by atoms with Crippen LogP contribution in [0.15, 0.2) is 0 Å². The highest BCUT2D eigenvalue weighted by Gasteiger charge is 2.41. The summed E-state index contributed by atoms with van der Waals surface area (Å²) in [5, 5.41) is 3.51. The molecule has 92 valence electrons. The molecule has 0 aromatic carbocycles. The molecule has 0 spiro atoms. The number of nitrogens with zero attached hydrogens (tertiary/aromatic N) is 1. The smallest absolute Gasteiger partial charge is 0.224 e. The highest BCUT2D eigenvalue weighted by molar-refractivity contribution is 5.81. The number of carbonyl (C=O) groups excluding carboxylic acids is 1. The van der Waals surface area contributed by atoms with E-state index in [1.807, 2.05) is 6.92 Å². The van der Waals surface area contributed by atoms with Crippen molar-refractivity contribution < 1.29 is 4.79 Å². The standard InChI is InChI=1S/C12H23N3O/c1-9-3-4-10(7-14-9)15-6-5-12(2,8-15)11(13)16/h9-10,14H,3-8H2,1-2H3,(H2,13,16). The van der Waals surface area contributed by atoms with Gasteiger partial charge in [0, 0.05) is 25.2 Å². The molecule has 0 aliphatic carbocycles. The van der Waals surface area contributed by atoms with Crippen LogP contribution >= 0.6 is 0 Å². The predicted molar refractivity (Wildman–Crippen MR) is 64.0 cm³/mol. The van der Waals surface area contributed by atoms with Gasteiger partial charge in [-0.15, -0.1) is 0 Å². The van der Waals surface area contributed by atoms with Crippen molar-refractivity contribution in [3.8, 4) is 0 Å². The van der Waals surface area contributed by atoms with E-state index in [0.717, 1.165) is 26.1 Å². The molecule has 0 aromatic rings. The molecule has 4 heteroatoms. The lowest BCUT2D eigenvalue weighted by Crippen LogP contribution is -2.49. The summed E-state index contributed by atoms with van der Waals surface area (Å²) in [6.07, 6.45) is 3.38. The van der Waals surface area contributed by atoms with Crippen molar-refractivity contribution in [3.63, 3.8) is 0 Å². The minimum atomic E-state index is -0.303. The summed E-state index contributed by atoms with van der Waals surface area (Å²) in [6, 6.07) is 1.23. The molecule has 3 N–H and O–H groups in total. The average molecular weight is 225 g/mol. The summed E-state index contributed by atoms with van der Waals surface area (Å²) in [7, 11) is 0. The molecule has 2 heterocycles. The van der Waals surface area contributed by atoms with E-state index in [-0.39, 0.29) is 11.3 Å². The molecule has 3 unspecified atom stereocenters. The molecule has 0 bridgehead atoms. The Kier molecular flexibility index (Phi) is 3.22. The van der Waals surface area contributed by atoms with Gasteiger partial charge in [0.25, 0.3) is 0 Å². The summed E-state index contributed by atoms with van der Waals surface area (Å²) >= 11 is 0. The number of rotatable bonds is 2. The van der Waals surface area contributed by atoms with Crippen LogP contribution in [0.25, 0.3) is 0 Å². The first-order valence-electron chi connectivity index (χ1n) is 6.28. The van der Waals surface area contributed by atoms with Gasteiger partial charge < -0.3 is 11.1 Å². The summed E-state index contributed by atoms with van der Waals surface area (Å²) in [5.74, 6) is -0.146. The maximum Gasteiger partial charge on any atom is 0.224 e. The lowest BCUT2D eigenvalue weighted by Gasteiger charge is -2.35. The maximum atomic E-state index is 11.4. The fourth-order valence-electron chi connectivity index (χ4n) is 2.80. The SMILES string of the molecule is CC1CCC(N2CCC(C)(C(N)=O)C2)CN1. The van der Waals surface area contributed by atoms with Crippen LogP contribution in [0.3, 0.4) is 0 Å². The molecule has 2 saturated heterocycles. The molecule has 4 nitrogen and oxygen atoms in total. The van der Waals surface area contributed by atoms with E-state index in [9.17, 15) is 4.79 Å². The molecule has 0 saturated carbocycles. The van der Waals surface area contributed by atoms with Crippen molar-refractivity contribution in [1.29, 1.82) is 0 Å². The van der Waals surface area contributed by atoms with Gasteiger partial charge in [-0.05, 0) is 39.7 Å². The van der Waals surface area contributed by atoms with E-state index in [4.69, 9.17) is 5.73 Å². The van der Waals surface area contributed by atoms with Crippen molar-refractivity contribution in [3.05, 3.63) is 0 Å². The monoisotopic (exact) mass is 225 g/mol. The molecule has 3 atom stereocenters. The number of hydrogen-bond donors (Lipinski definition) is 2. The summed E-state index contributed by atoms with van der Waals surface area (Å²) < 4.78 is 0. The molecular formula is C12H23N3O. The highest BCUT2D eigenvalue weighted by atomic mass is 16.1. The second kappa shape index (κ2) is 4.34. The molecule has 0 aromatic heterocycles. The van der Waals surface area contributed by atoms with Crippen LogP contribution in [0, 0.1) is 5.41 Å². The minimum Gasteiger partial charge on any atom is -0.369 e. The number of nitrogens with one attached hydrogen (secondary N) is 1. The van der Waals surface area contributed by atoms with Crippen molar-refractivity contribution in [2.75, 3.05) is 19.6 Å². The zero-order chi connectivity index (χ0) is 11.8. The lowest BCUT2D eigenvalue weighted by atomic mass is 9.89. The Morgan fingerprint density at radius 1 is 1.50 bits per heavy atom. The molecule has 2 rings (SSSR count). The van der Waals surface area contributed by atoms with Crippen molar-refractivity contribution in [2.24, 2.45) is 11.1 Å². The van der Waals surface area contributed by atoms with Crippen LogP contribution in [0.5, 0.6) is 0 Å². The van der Waals surface area contributed by atoms with Crippen LogP contribution in [0.2, 0.25) is 0 Å². The van der Waals surface area contributed by atoms with Gasteiger partial charge in [-0.2, -0.15) is 0 Å². The fourth-order valence-corrected chi connectivity index (χ4v) is 2.80. The minimum absolute atomic E-state index is 0.146. The Bertz CT molecular complexity index is 273. The lowest BCUT2D eigenvalue weighted by molar-refractivity contribution is -0.126. The molecule has 1 amide bonds. The van der Waals surface area contributed by atoms with Gasteiger partial charge >= 0.3 is 0 Å². The van der Waals surface area contributed by atoms with Crippen LogP contribution in [0.4, 0.5) is 0 Å². The van der Waals surface area contributed by atoms with E-state index in [1.54, 1.807) is 0 Å². The largest absolute Gasteiger partial charge is 0.369 e. The van der Waals surface area contributed by atoms with Crippen molar-refractivity contribution in [2.45, 2.75) is 45.2 Å². The Balaban J connectivity index is 1.91. The third kappa shape index (κ3) is 2.23. The molecule has 2 fully saturated rings. The van der Waals surface area contributed by atoms with Gasteiger partial charge in [-0.25, -0.2) is 0 Å². The average Bonchev–Trinajstić information content (AvgIpc) is 2.63. The number of likely N-dealkylation sites (tertiary alicyclic amines) is 1. The Morgan fingerprint density at radius 3 is 2.75 bits per heavy atom. The van der Waals surface area contributed by atoms with E-state index in [0.29, 0.717) is 12.1 Å². The quantitative estimate of drug-likeness (QED) is 0.712. The predicted octanol–water partition coefficient (Wildman–Crippen LogP) is 0.324. The van der Waals surface area contributed by atoms with Gasteiger partial charge in [0.15, 0.2) is 0 Å². The fraction of sp³-hybridized carbons (Fsp3) is 0.917. The Hall–Kier alpha value is -0.610. The molecule has 16 heavy (non-hydrogen) atoms. The third-order valence-corrected chi connectivity index (χ3v) is 4.25. The van der Waals surface area contributed by atoms with Crippen molar-refractivity contribution in [1.82, 2.24) is 10.2 Å². The topological polar surface area (TPSA) is 58.4 Å². The zero-order valence-corrected chi connectivity index (χ0v) is 10.3. The normalized spacial score (nSPS) is 41.1. The molecule has 2 aliphatic heterocycles. The van der Waals surface area contributed by atoms with E-state index < -0.39 is 0 Å². The van der Waals surface area contributed by atoms with Gasteiger partial charge in [0.2, 0.25) is 5.91 Å². The third-order valence-electron chi connectivity index (χ3n) is 4.25. The maximum absolute atomic E-state index is 11.4. The summed E-state index contributed by atoms with van der Waals surface area (Å²) in [4.78, 5) is 13.8. The summed E-state index contributed by atoms with van der Waals surface area (Å²) in [6.45, 7) is 7.13. The van der Waals surface area contributed by atoms with Crippen LogP contribution in [0.1, 0.15) is 33.1 Å². The second-order valence-electron chi connectivity index (χ2n) is 5.69. The van der Waals surface area contributed by atoms with E-state index >= 15 is 0 Å². The number of nitrogens with two attached hydrogens (primary N) is 1. The second-order valence-corrected chi connectivity index (χ2v) is 5.69. The first kappa shape index (κ1) is 11.9. The van der Waals surface area contributed by atoms with Gasteiger partial charge in [0.05, 0.1) is 5.41 Å². The number of carbonyl (C=O) groups is 1. The number of hydrogen-bond acceptors (Lipinski definition) is 3. The van der Waals surface area contributed by atoms with Crippen molar-refractivity contribution >= 4 is 5.91 Å². The Morgan fingerprint density at radius 2 is 2.25 bits per heavy atom. The number of amides is 1. The molecule has 2 aliphatic rings. The number of primary amides is 1. The first-order valence-corrected chi connectivity index (χ1v) is 6.28. The van der Waals surface area contributed by atoms with Gasteiger partial charge in [0.1, 0.15) is 0 Å². The first-order chi connectivity index (χ1) is 7.51. The zero-order valence-electron chi connectivity index (χ0n) is 10.3. The molecule has 0 radical (unpaired) electrons. The van der Waals surface area contributed by atoms with E-state index in [2.05, 4.69) is 17.1 Å².